The van der Waals surface area contributed by atoms with E-state index in [1.807, 2.05) is 36.9 Å². The lowest BCUT2D eigenvalue weighted by Crippen LogP contribution is -2.44. The highest BCUT2D eigenvalue weighted by Gasteiger charge is 2.41. The molecule has 1 spiro atoms. The Kier molecular flexibility index (Phi) is 4.84. The van der Waals surface area contributed by atoms with Gasteiger partial charge in [-0.25, -0.2) is 0 Å². The second kappa shape index (κ2) is 6.49. The van der Waals surface area contributed by atoms with Crippen molar-refractivity contribution in [2.24, 2.45) is 5.92 Å². The number of aryl methyl sites for hydroxylation is 1. The van der Waals surface area contributed by atoms with Gasteiger partial charge in [-0.05, 0) is 61.2 Å². The van der Waals surface area contributed by atoms with Crippen LogP contribution < -0.4 is 0 Å². The normalized spacial score (nSPS) is 26.7. The van der Waals surface area contributed by atoms with E-state index >= 15 is 0 Å². The Balaban J connectivity index is 1.78. The van der Waals surface area contributed by atoms with Crippen molar-refractivity contribution in [1.82, 2.24) is 0 Å². The predicted octanol–water partition coefficient (Wildman–Crippen LogP) is 4.37. The zero-order valence-electron chi connectivity index (χ0n) is 12.5. The fourth-order valence-corrected chi connectivity index (χ4v) is 5.05. The zero-order valence-corrected chi connectivity index (χ0v) is 14.1. The topological polar surface area (TPSA) is 29.5 Å². The van der Waals surface area contributed by atoms with E-state index in [0.29, 0.717) is 5.02 Å². The molecule has 0 saturated carbocycles. The molecule has 2 saturated heterocycles. The van der Waals surface area contributed by atoms with Gasteiger partial charge in [0.2, 0.25) is 0 Å². The van der Waals surface area contributed by atoms with Crippen LogP contribution in [-0.2, 0) is 4.74 Å². The van der Waals surface area contributed by atoms with Gasteiger partial charge in [-0.1, -0.05) is 29.8 Å². The van der Waals surface area contributed by atoms with Gasteiger partial charge in [-0.2, -0.15) is 11.8 Å². The van der Waals surface area contributed by atoms with Gasteiger partial charge in [0.05, 0.1) is 11.7 Å². The molecule has 0 aliphatic carbocycles. The third-order valence-electron chi connectivity index (χ3n) is 4.92. The van der Waals surface area contributed by atoms with Crippen molar-refractivity contribution in [3.05, 3.63) is 34.3 Å². The van der Waals surface area contributed by atoms with Crippen LogP contribution in [0.2, 0.25) is 5.02 Å². The fraction of sp³-hybridized carbons (Fsp3) is 0.647. The average Bonchev–Trinajstić information content (AvgIpc) is 2.50. The molecule has 0 amide bonds. The van der Waals surface area contributed by atoms with Gasteiger partial charge in [0, 0.05) is 11.6 Å². The highest BCUT2D eigenvalue weighted by Crippen LogP contribution is 2.44. The number of aliphatic hydroxyl groups excluding tert-OH is 1. The van der Waals surface area contributed by atoms with Gasteiger partial charge < -0.3 is 9.84 Å². The predicted molar refractivity (Wildman–Crippen MR) is 89.1 cm³/mol. The lowest BCUT2D eigenvalue weighted by atomic mass is 9.78. The Morgan fingerprint density at radius 1 is 1.38 bits per heavy atom. The summed E-state index contributed by atoms with van der Waals surface area (Å²) in [6.45, 7) is 2.75. The summed E-state index contributed by atoms with van der Waals surface area (Å²) >= 11 is 8.40. The molecule has 116 valence electrons. The monoisotopic (exact) mass is 326 g/mol. The Bertz CT molecular complexity index is 494. The maximum atomic E-state index is 10.8. The van der Waals surface area contributed by atoms with E-state index in [-0.39, 0.29) is 11.5 Å². The van der Waals surface area contributed by atoms with Crippen LogP contribution in [0, 0.1) is 12.8 Å². The van der Waals surface area contributed by atoms with E-state index in [1.165, 1.54) is 11.5 Å². The van der Waals surface area contributed by atoms with Crippen LogP contribution in [0.4, 0.5) is 0 Å². The second-order valence-corrected chi connectivity index (χ2v) is 7.92. The molecule has 21 heavy (non-hydrogen) atoms. The molecule has 2 nitrogen and oxygen atoms in total. The fourth-order valence-electron chi connectivity index (χ4n) is 3.58. The molecule has 2 unspecified atom stereocenters. The first-order valence-corrected chi connectivity index (χ1v) is 9.29. The highest BCUT2D eigenvalue weighted by atomic mass is 35.5. The van der Waals surface area contributed by atoms with Gasteiger partial charge in [0.1, 0.15) is 0 Å². The molecule has 2 aliphatic heterocycles. The highest BCUT2D eigenvalue weighted by molar-refractivity contribution is 7.99. The molecule has 3 rings (SSSR count). The van der Waals surface area contributed by atoms with E-state index in [0.717, 1.165) is 43.4 Å². The Morgan fingerprint density at radius 2 is 2.14 bits per heavy atom. The summed E-state index contributed by atoms with van der Waals surface area (Å²) < 4.78 is 6.12. The first-order valence-electron chi connectivity index (χ1n) is 7.76. The van der Waals surface area contributed by atoms with Crippen molar-refractivity contribution < 1.29 is 9.84 Å². The van der Waals surface area contributed by atoms with Crippen LogP contribution >= 0.6 is 23.4 Å². The first-order chi connectivity index (χ1) is 10.1. The minimum Gasteiger partial charge on any atom is -0.388 e. The van der Waals surface area contributed by atoms with Gasteiger partial charge >= 0.3 is 0 Å². The zero-order chi connectivity index (χ0) is 14.9. The minimum atomic E-state index is -0.479. The lowest BCUT2D eigenvalue weighted by Gasteiger charge is -2.44. The number of ether oxygens (including phenoxy) is 1. The number of aliphatic hydroxyl groups is 1. The minimum absolute atomic E-state index is 0.00540. The molecule has 0 radical (unpaired) electrons. The summed E-state index contributed by atoms with van der Waals surface area (Å²) in [6, 6.07) is 5.92. The summed E-state index contributed by atoms with van der Waals surface area (Å²) in [7, 11) is 0. The van der Waals surface area contributed by atoms with E-state index in [2.05, 4.69) is 0 Å². The summed E-state index contributed by atoms with van der Waals surface area (Å²) in [5.74, 6) is 2.60. The SMILES string of the molecule is Cc1cccc(C(O)C2CCOC3(CCSCC3)C2)c1Cl. The average molecular weight is 327 g/mol. The maximum absolute atomic E-state index is 10.8. The molecule has 2 aliphatic rings. The van der Waals surface area contributed by atoms with Crippen LogP contribution in [0.1, 0.15) is 42.9 Å². The van der Waals surface area contributed by atoms with Gasteiger partial charge in [0.25, 0.3) is 0 Å². The Labute approximate surface area is 136 Å². The van der Waals surface area contributed by atoms with Crippen LogP contribution in [0.3, 0.4) is 0 Å². The second-order valence-electron chi connectivity index (χ2n) is 6.32. The molecule has 0 aromatic heterocycles. The van der Waals surface area contributed by atoms with E-state index in [1.54, 1.807) is 0 Å². The third-order valence-corrected chi connectivity index (χ3v) is 6.42. The summed E-state index contributed by atoms with van der Waals surface area (Å²) in [5.41, 5.74) is 1.92. The smallest absolute Gasteiger partial charge is 0.0834 e. The van der Waals surface area contributed by atoms with Gasteiger partial charge in [0.15, 0.2) is 0 Å². The van der Waals surface area contributed by atoms with E-state index < -0.39 is 6.10 Å². The van der Waals surface area contributed by atoms with Crippen LogP contribution in [0.15, 0.2) is 18.2 Å². The van der Waals surface area contributed by atoms with E-state index in [4.69, 9.17) is 16.3 Å². The van der Waals surface area contributed by atoms with Gasteiger partial charge in [-0.3, -0.25) is 0 Å². The van der Waals surface area contributed by atoms with Crippen molar-refractivity contribution in [3.8, 4) is 0 Å². The third kappa shape index (κ3) is 3.26. The number of halogens is 1. The van der Waals surface area contributed by atoms with Crippen LogP contribution in [0.25, 0.3) is 0 Å². The molecule has 1 N–H and O–H groups in total. The molecule has 2 fully saturated rings. The first kappa shape index (κ1) is 15.7. The Hall–Kier alpha value is -0.220. The molecule has 4 heteroatoms. The van der Waals surface area contributed by atoms with Crippen molar-refractivity contribution in [2.45, 2.75) is 44.3 Å². The maximum Gasteiger partial charge on any atom is 0.0834 e. The van der Waals surface area contributed by atoms with Crippen LogP contribution in [-0.4, -0.2) is 28.8 Å². The molecule has 1 aromatic carbocycles. The number of thioether (sulfide) groups is 1. The van der Waals surface area contributed by atoms with Crippen molar-refractivity contribution in [1.29, 1.82) is 0 Å². The molecule has 2 heterocycles. The molecular formula is C17H23ClO2S. The molecule has 0 bridgehead atoms. The number of benzene rings is 1. The van der Waals surface area contributed by atoms with Crippen molar-refractivity contribution >= 4 is 23.4 Å². The summed E-state index contributed by atoms with van der Waals surface area (Å²) in [4.78, 5) is 0. The standard InChI is InChI=1S/C17H23ClO2S/c1-12-3-2-4-14(15(12)18)16(19)13-5-8-20-17(11-13)6-9-21-10-7-17/h2-4,13,16,19H,5-11H2,1H3. The summed E-state index contributed by atoms with van der Waals surface area (Å²) in [6.07, 6.45) is 3.62. The number of rotatable bonds is 2. The number of hydrogen-bond acceptors (Lipinski definition) is 3. The summed E-state index contributed by atoms with van der Waals surface area (Å²) in [5, 5.41) is 11.5. The number of hydrogen-bond donors (Lipinski definition) is 1. The Morgan fingerprint density at radius 3 is 2.90 bits per heavy atom. The quantitative estimate of drug-likeness (QED) is 0.874. The van der Waals surface area contributed by atoms with Gasteiger partial charge in [-0.15, -0.1) is 0 Å². The largest absolute Gasteiger partial charge is 0.388 e. The van der Waals surface area contributed by atoms with E-state index in [9.17, 15) is 5.11 Å². The lowest BCUT2D eigenvalue weighted by molar-refractivity contribution is -0.121. The molecule has 2 atom stereocenters. The van der Waals surface area contributed by atoms with Crippen molar-refractivity contribution in [2.75, 3.05) is 18.1 Å². The van der Waals surface area contributed by atoms with Crippen molar-refractivity contribution in [3.63, 3.8) is 0 Å². The molecular weight excluding hydrogens is 304 g/mol. The molecule has 1 aromatic rings. The van der Waals surface area contributed by atoms with Crippen LogP contribution in [0.5, 0.6) is 0 Å².